The van der Waals surface area contributed by atoms with Gasteiger partial charge in [-0.05, 0) is 24.3 Å². The Morgan fingerprint density at radius 3 is 3.10 bits per heavy atom. The van der Waals surface area contributed by atoms with E-state index in [9.17, 15) is 4.79 Å². The molecule has 1 unspecified atom stereocenters. The van der Waals surface area contributed by atoms with Crippen molar-refractivity contribution < 1.29 is 9.53 Å². The summed E-state index contributed by atoms with van der Waals surface area (Å²) in [6.07, 6.45) is 0.949. The normalized spacial score (nSPS) is 16.6. The lowest BCUT2D eigenvalue weighted by Crippen LogP contribution is -2.41. The van der Waals surface area contributed by atoms with Gasteiger partial charge in [-0.15, -0.1) is 0 Å². The summed E-state index contributed by atoms with van der Waals surface area (Å²) in [5, 5.41) is 6.25. The molecule has 1 atom stereocenters. The minimum absolute atomic E-state index is 0.228. The Balaban J connectivity index is 1.70. The van der Waals surface area contributed by atoms with Crippen molar-refractivity contribution in [2.24, 2.45) is 0 Å². The molecular weight excluding hydrogens is 278 g/mol. The molecule has 0 aliphatic carbocycles. The van der Waals surface area contributed by atoms with Crippen LogP contribution < -0.4 is 15.4 Å². The molecule has 0 spiro atoms. The van der Waals surface area contributed by atoms with Crippen LogP contribution in [0.3, 0.4) is 0 Å². The maximum atomic E-state index is 12.1. The van der Waals surface area contributed by atoms with Gasteiger partial charge >= 0.3 is 0 Å². The minimum atomic E-state index is -0.586. The number of fused-ring (bicyclic) bond motifs is 1. The van der Waals surface area contributed by atoms with Crippen molar-refractivity contribution >= 4 is 28.9 Å². The Morgan fingerprint density at radius 2 is 2.25 bits per heavy atom. The lowest BCUT2D eigenvalue weighted by molar-refractivity contribution is -0.122. The molecule has 1 aromatic carbocycles. The number of nitrogens with zero attached hydrogens (tertiary/aromatic N) is 1. The fraction of sp³-hybridized carbons (Fsp3) is 0.143. The van der Waals surface area contributed by atoms with Gasteiger partial charge < -0.3 is 15.4 Å². The second-order valence-corrected chi connectivity index (χ2v) is 4.73. The molecule has 0 radical (unpaired) electrons. The first-order valence-corrected chi connectivity index (χ1v) is 6.52. The molecule has 5 nitrogen and oxygen atoms in total. The molecule has 0 saturated carbocycles. The zero-order valence-corrected chi connectivity index (χ0v) is 11.2. The first-order chi connectivity index (χ1) is 9.72. The van der Waals surface area contributed by atoms with Gasteiger partial charge in [-0.1, -0.05) is 23.7 Å². The Bertz CT molecular complexity index is 648. The summed E-state index contributed by atoms with van der Waals surface area (Å²) in [5.41, 5.74) is 1.49. The molecule has 2 heterocycles. The molecule has 20 heavy (non-hydrogen) atoms. The summed E-state index contributed by atoms with van der Waals surface area (Å²) in [5.74, 6) is 0.445. The topological polar surface area (TPSA) is 63.2 Å². The van der Waals surface area contributed by atoms with Crippen LogP contribution in [0.4, 0.5) is 11.4 Å². The third-order valence-corrected chi connectivity index (χ3v) is 3.13. The number of aromatic nitrogens is 1. The van der Waals surface area contributed by atoms with Crippen LogP contribution in [0.1, 0.15) is 0 Å². The Hall–Kier alpha value is -2.27. The second-order valence-electron chi connectivity index (χ2n) is 4.34. The van der Waals surface area contributed by atoms with Crippen molar-refractivity contribution in [2.45, 2.75) is 6.10 Å². The fourth-order valence-corrected chi connectivity index (χ4v) is 2.14. The first kappa shape index (κ1) is 12.7. The average molecular weight is 290 g/mol. The summed E-state index contributed by atoms with van der Waals surface area (Å²) in [6, 6.07) is 10.8. The highest BCUT2D eigenvalue weighted by Gasteiger charge is 2.25. The lowest BCUT2D eigenvalue weighted by Gasteiger charge is -2.26. The molecule has 0 bridgehead atoms. The predicted octanol–water partition coefficient (Wildman–Crippen LogP) is 2.55. The molecule has 2 N–H and O–H groups in total. The molecule has 102 valence electrons. The number of benzene rings is 1. The number of para-hydroxylation sites is 2. The zero-order valence-electron chi connectivity index (χ0n) is 10.5. The van der Waals surface area contributed by atoms with Gasteiger partial charge in [0.15, 0.2) is 6.10 Å². The van der Waals surface area contributed by atoms with Crippen molar-refractivity contribution in [1.29, 1.82) is 0 Å². The van der Waals surface area contributed by atoms with E-state index in [1.165, 1.54) is 6.20 Å². The third kappa shape index (κ3) is 2.67. The van der Waals surface area contributed by atoms with Gasteiger partial charge in [0, 0.05) is 11.9 Å². The molecule has 0 saturated heterocycles. The van der Waals surface area contributed by atoms with E-state index in [0.717, 1.165) is 5.69 Å². The van der Waals surface area contributed by atoms with Gasteiger partial charge in [-0.25, -0.2) is 4.98 Å². The average Bonchev–Trinajstić information content (AvgIpc) is 2.47. The number of anilines is 2. The van der Waals surface area contributed by atoms with Crippen LogP contribution in [0.25, 0.3) is 0 Å². The summed E-state index contributed by atoms with van der Waals surface area (Å²) < 4.78 is 5.67. The van der Waals surface area contributed by atoms with E-state index in [2.05, 4.69) is 15.6 Å². The monoisotopic (exact) mass is 289 g/mol. The van der Waals surface area contributed by atoms with Crippen LogP contribution in [0.5, 0.6) is 5.75 Å². The zero-order chi connectivity index (χ0) is 13.9. The van der Waals surface area contributed by atoms with Gasteiger partial charge in [-0.3, -0.25) is 4.79 Å². The molecule has 0 fully saturated rings. The van der Waals surface area contributed by atoms with Crippen LogP contribution in [-0.4, -0.2) is 23.5 Å². The molecule has 1 aliphatic heterocycles. The number of hydrogen-bond donors (Lipinski definition) is 2. The van der Waals surface area contributed by atoms with Crippen molar-refractivity contribution in [2.75, 3.05) is 17.2 Å². The number of ether oxygens (including phenoxy) is 1. The van der Waals surface area contributed by atoms with E-state index in [0.29, 0.717) is 23.1 Å². The number of hydrogen-bond acceptors (Lipinski definition) is 4. The number of carbonyl (C=O) groups excluding carboxylic acids is 1. The largest absolute Gasteiger partial charge is 0.477 e. The SMILES string of the molecule is O=C(Nc1ccnc(Cl)c1)C1CNc2ccccc2O1. The summed E-state index contributed by atoms with van der Waals surface area (Å²) in [7, 11) is 0. The Morgan fingerprint density at radius 1 is 1.40 bits per heavy atom. The lowest BCUT2D eigenvalue weighted by atomic mass is 10.2. The molecular formula is C14H12ClN3O2. The Labute approximate surface area is 120 Å². The highest BCUT2D eigenvalue weighted by Crippen LogP contribution is 2.28. The van der Waals surface area contributed by atoms with E-state index in [1.54, 1.807) is 12.1 Å². The Kier molecular flexibility index (Phi) is 3.43. The number of rotatable bonds is 2. The van der Waals surface area contributed by atoms with Gasteiger partial charge in [0.2, 0.25) is 0 Å². The number of pyridine rings is 1. The van der Waals surface area contributed by atoms with Crippen molar-refractivity contribution in [3.05, 3.63) is 47.7 Å². The van der Waals surface area contributed by atoms with Crippen LogP contribution in [0.2, 0.25) is 5.15 Å². The minimum Gasteiger partial charge on any atom is -0.477 e. The molecule has 2 aromatic rings. The quantitative estimate of drug-likeness (QED) is 0.834. The van der Waals surface area contributed by atoms with Crippen LogP contribution in [-0.2, 0) is 4.79 Å². The number of carbonyl (C=O) groups is 1. The first-order valence-electron chi connectivity index (χ1n) is 6.14. The van der Waals surface area contributed by atoms with Crippen molar-refractivity contribution in [3.63, 3.8) is 0 Å². The van der Waals surface area contributed by atoms with E-state index in [1.807, 2.05) is 24.3 Å². The number of halogens is 1. The summed E-state index contributed by atoms with van der Waals surface area (Å²) >= 11 is 5.78. The summed E-state index contributed by atoms with van der Waals surface area (Å²) in [4.78, 5) is 16.0. The van der Waals surface area contributed by atoms with Gasteiger partial charge in [-0.2, -0.15) is 0 Å². The highest BCUT2D eigenvalue weighted by atomic mass is 35.5. The van der Waals surface area contributed by atoms with Crippen LogP contribution in [0.15, 0.2) is 42.6 Å². The second kappa shape index (κ2) is 5.38. The van der Waals surface area contributed by atoms with E-state index in [4.69, 9.17) is 16.3 Å². The maximum absolute atomic E-state index is 12.1. The van der Waals surface area contributed by atoms with Crippen LogP contribution in [0, 0.1) is 0 Å². The molecule has 3 rings (SSSR count). The predicted molar refractivity (Wildman–Crippen MR) is 77.2 cm³/mol. The third-order valence-electron chi connectivity index (χ3n) is 2.92. The highest BCUT2D eigenvalue weighted by molar-refractivity contribution is 6.29. The van der Waals surface area contributed by atoms with Gasteiger partial charge in [0.25, 0.3) is 5.91 Å². The van der Waals surface area contributed by atoms with E-state index >= 15 is 0 Å². The van der Waals surface area contributed by atoms with E-state index in [-0.39, 0.29) is 5.91 Å². The number of amides is 1. The van der Waals surface area contributed by atoms with Gasteiger partial charge in [0.1, 0.15) is 10.9 Å². The number of nitrogens with one attached hydrogen (secondary N) is 2. The smallest absolute Gasteiger partial charge is 0.267 e. The van der Waals surface area contributed by atoms with Gasteiger partial charge in [0.05, 0.1) is 12.2 Å². The van der Waals surface area contributed by atoms with E-state index < -0.39 is 6.10 Å². The fourth-order valence-electron chi connectivity index (χ4n) is 1.96. The molecule has 1 aromatic heterocycles. The molecule has 6 heteroatoms. The maximum Gasteiger partial charge on any atom is 0.267 e. The van der Waals surface area contributed by atoms with Crippen LogP contribution >= 0.6 is 11.6 Å². The molecule has 1 amide bonds. The summed E-state index contributed by atoms with van der Waals surface area (Å²) in [6.45, 7) is 0.418. The van der Waals surface area contributed by atoms with Crippen molar-refractivity contribution in [3.8, 4) is 5.75 Å². The van der Waals surface area contributed by atoms with Crippen molar-refractivity contribution in [1.82, 2.24) is 4.98 Å². The standard InChI is InChI=1S/C14H12ClN3O2/c15-13-7-9(5-6-16-13)18-14(19)12-8-17-10-3-1-2-4-11(10)20-12/h1-7,12,17H,8H2,(H,16,18,19). The molecule has 1 aliphatic rings.